The van der Waals surface area contributed by atoms with E-state index < -0.39 is 0 Å². The van der Waals surface area contributed by atoms with Crippen LogP contribution in [0.5, 0.6) is 0 Å². The van der Waals surface area contributed by atoms with Crippen LogP contribution in [0.4, 0.5) is 5.00 Å². The van der Waals surface area contributed by atoms with Crippen LogP contribution in [-0.2, 0) is 17.6 Å². The summed E-state index contributed by atoms with van der Waals surface area (Å²) in [6, 6.07) is 6.50. The maximum Gasteiger partial charge on any atom is 0.341 e. The highest BCUT2D eigenvalue weighted by Crippen LogP contribution is 2.38. The van der Waals surface area contributed by atoms with E-state index in [4.69, 9.17) is 17.0 Å². The number of fused-ring (bicyclic) bond motifs is 1. The number of benzene rings is 1. The lowest BCUT2D eigenvalue weighted by Crippen LogP contribution is -2.31. The molecule has 1 aliphatic rings. The highest BCUT2D eigenvalue weighted by Gasteiger charge is 2.27. The van der Waals surface area contributed by atoms with Crippen molar-refractivity contribution in [2.45, 2.75) is 59.4 Å². The van der Waals surface area contributed by atoms with Gasteiger partial charge in [0.15, 0.2) is 5.11 Å². The highest BCUT2D eigenvalue weighted by molar-refractivity contribution is 7.80. The van der Waals surface area contributed by atoms with E-state index in [0.717, 1.165) is 29.8 Å². The first-order chi connectivity index (χ1) is 13.4. The first kappa shape index (κ1) is 20.8. The summed E-state index contributed by atoms with van der Waals surface area (Å²) in [4.78, 5) is 13.9. The van der Waals surface area contributed by atoms with Gasteiger partial charge >= 0.3 is 5.97 Å². The Balaban J connectivity index is 1.78. The molecular formula is C22H28N2O2S2. The zero-order chi connectivity index (χ0) is 20.3. The molecule has 1 heterocycles. The number of esters is 1. The Hall–Kier alpha value is -1.92. The van der Waals surface area contributed by atoms with Gasteiger partial charge in [-0.1, -0.05) is 23.8 Å². The second-order valence-corrected chi connectivity index (χ2v) is 8.83. The van der Waals surface area contributed by atoms with Crippen molar-refractivity contribution in [3.63, 3.8) is 0 Å². The van der Waals surface area contributed by atoms with E-state index >= 15 is 0 Å². The molecular weight excluding hydrogens is 388 g/mol. The van der Waals surface area contributed by atoms with E-state index in [2.05, 4.69) is 49.6 Å². The van der Waals surface area contributed by atoms with Gasteiger partial charge in [0.25, 0.3) is 0 Å². The topological polar surface area (TPSA) is 50.4 Å². The number of hydrogen-bond acceptors (Lipinski definition) is 4. The summed E-state index contributed by atoms with van der Waals surface area (Å²) < 4.78 is 5.32. The Morgan fingerprint density at radius 2 is 2.04 bits per heavy atom. The maximum absolute atomic E-state index is 12.6. The Bertz CT molecular complexity index is 889. The number of carbonyl (C=O) groups excluding carboxylic acids is 1. The molecule has 0 saturated heterocycles. The predicted octanol–water partition coefficient (Wildman–Crippen LogP) is 5.47. The van der Waals surface area contributed by atoms with Crippen LogP contribution in [0, 0.1) is 13.8 Å². The molecule has 3 rings (SSSR count). The summed E-state index contributed by atoms with van der Waals surface area (Å²) in [5, 5.41) is 7.96. The minimum Gasteiger partial charge on any atom is -0.462 e. The lowest BCUT2D eigenvalue weighted by Gasteiger charge is -2.19. The Morgan fingerprint density at radius 1 is 1.29 bits per heavy atom. The third-order valence-electron chi connectivity index (χ3n) is 5.12. The van der Waals surface area contributed by atoms with Crippen LogP contribution in [0.2, 0.25) is 0 Å². The third kappa shape index (κ3) is 4.55. The van der Waals surface area contributed by atoms with Gasteiger partial charge in [0, 0.05) is 4.88 Å². The van der Waals surface area contributed by atoms with E-state index in [-0.39, 0.29) is 12.0 Å². The molecule has 0 bridgehead atoms. The van der Waals surface area contributed by atoms with Crippen LogP contribution in [0.1, 0.15) is 70.2 Å². The number of anilines is 1. The summed E-state index contributed by atoms with van der Waals surface area (Å²) in [5.41, 5.74) is 5.51. The quantitative estimate of drug-likeness (QED) is 0.500. The number of ether oxygens (including phenoxy) is 1. The van der Waals surface area contributed by atoms with Crippen LogP contribution in [-0.4, -0.2) is 17.7 Å². The van der Waals surface area contributed by atoms with Gasteiger partial charge in [-0.05, 0) is 82.3 Å². The molecule has 1 atom stereocenters. The molecule has 0 saturated carbocycles. The van der Waals surface area contributed by atoms with Crippen molar-refractivity contribution in [2.75, 3.05) is 11.9 Å². The molecule has 2 aromatic rings. The van der Waals surface area contributed by atoms with Gasteiger partial charge in [-0.25, -0.2) is 4.79 Å². The fourth-order valence-corrected chi connectivity index (χ4v) is 5.42. The average Bonchev–Trinajstić information content (AvgIpc) is 2.99. The van der Waals surface area contributed by atoms with Crippen molar-refractivity contribution in [1.82, 2.24) is 5.32 Å². The molecule has 1 aliphatic carbocycles. The number of aryl methyl sites for hydroxylation is 3. The van der Waals surface area contributed by atoms with Crippen molar-refractivity contribution in [1.29, 1.82) is 0 Å². The molecule has 0 radical (unpaired) electrons. The summed E-state index contributed by atoms with van der Waals surface area (Å²) in [6.07, 6.45) is 4.23. The van der Waals surface area contributed by atoms with Gasteiger partial charge in [-0.2, -0.15) is 0 Å². The minimum atomic E-state index is -0.255. The molecule has 4 nitrogen and oxygen atoms in total. The Morgan fingerprint density at radius 3 is 2.75 bits per heavy atom. The molecule has 28 heavy (non-hydrogen) atoms. The van der Waals surface area contributed by atoms with Crippen molar-refractivity contribution in [3.8, 4) is 0 Å². The van der Waals surface area contributed by atoms with E-state index in [1.807, 2.05) is 6.92 Å². The number of thiocarbonyl (C=S) groups is 1. The van der Waals surface area contributed by atoms with Gasteiger partial charge in [0.2, 0.25) is 0 Å². The van der Waals surface area contributed by atoms with Gasteiger partial charge in [0.05, 0.1) is 18.2 Å². The maximum atomic E-state index is 12.6. The molecule has 6 heteroatoms. The zero-order valence-corrected chi connectivity index (χ0v) is 18.6. The van der Waals surface area contributed by atoms with Crippen molar-refractivity contribution < 1.29 is 9.53 Å². The van der Waals surface area contributed by atoms with Crippen molar-refractivity contribution in [2.24, 2.45) is 0 Å². The van der Waals surface area contributed by atoms with Crippen LogP contribution >= 0.6 is 23.6 Å². The van der Waals surface area contributed by atoms with Gasteiger partial charge < -0.3 is 15.4 Å². The van der Waals surface area contributed by atoms with Crippen LogP contribution in [0.3, 0.4) is 0 Å². The summed E-state index contributed by atoms with van der Waals surface area (Å²) >= 11 is 7.20. The zero-order valence-electron chi connectivity index (χ0n) is 17.0. The lowest BCUT2D eigenvalue weighted by molar-refractivity contribution is 0.0526. The first-order valence-electron chi connectivity index (χ1n) is 9.87. The molecule has 1 aromatic carbocycles. The highest BCUT2D eigenvalue weighted by atomic mass is 32.1. The van der Waals surface area contributed by atoms with E-state index in [0.29, 0.717) is 17.3 Å². The smallest absolute Gasteiger partial charge is 0.341 e. The second kappa shape index (κ2) is 9.05. The normalized spacial score (nSPS) is 14.1. The first-order valence-corrected chi connectivity index (χ1v) is 11.1. The van der Waals surface area contributed by atoms with E-state index in [1.165, 1.54) is 28.0 Å². The average molecular weight is 417 g/mol. The fourth-order valence-electron chi connectivity index (χ4n) is 3.80. The van der Waals surface area contributed by atoms with Crippen LogP contribution in [0.25, 0.3) is 0 Å². The molecule has 150 valence electrons. The molecule has 0 aliphatic heterocycles. The molecule has 2 N–H and O–H groups in total. The Labute approximate surface area is 176 Å². The molecule has 0 amide bonds. The van der Waals surface area contributed by atoms with Gasteiger partial charge in [-0.15, -0.1) is 11.3 Å². The molecule has 0 fully saturated rings. The number of hydrogen-bond donors (Lipinski definition) is 2. The van der Waals surface area contributed by atoms with Crippen molar-refractivity contribution >= 4 is 39.6 Å². The monoisotopic (exact) mass is 416 g/mol. The Kier molecular flexibility index (Phi) is 6.73. The predicted molar refractivity (Wildman–Crippen MR) is 121 cm³/mol. The number of rotatable bonds is 5. The standard InChI is InChI=1S/C22H28N2O2S2/c1-5-26-21(25)19-17-8-6-7-9-18(17)28-20(19)24-22(27)23-15(4)16-11-10-13(2)12-14(16)3/h10-12,15H,5-9H2,1-4H3,(H2,23,24,27). The SMILES string of the molecule is CCOC(=O)c1c(NC(=S)NC(C)c2ccc(C)cc2C)sc2c1CCCC2. The fraction of sp³-hybridized carbons (Fsp3) is 0.455. The summed E-state index contributed by atoms with van der Waals surface area (Å²) in [7, 11) is 0. The number of carbonyl (C=O) groups is 1. The number of nitrogens with one attached hydrogen (secondary N) is 2. The van der Waals surface area contributed by atoms with Gasteiger partial charge in [0.1, 0.15) is 5.00 Å². The molecule has 1 aromatic heterocycles. The minimum absolute atomic E-state index is 0.0706. The second-order valence-electron chi connectivity index (χ2n) is 7.32. The van der Waals surface area contributed by atoms with Gasteiger partial charge in [-0.3, -0.25) is 0 Å². The van der Waals surface area contributed by atoms with Crippen LogP contribution in [0.15, 0.2) is 18.2 Å². The van der Waals surface area contributed by atoms with Crippen molar-refractivity contribution in [3.05, 3.63) is 50.9 Å². The summed E-state index contributed by atoms with van der Waals surface area (Å²) in [5.74, 6) is -0.255. The summed E-state index contributed by atoms with van der Waals surface area (Å²) in [6.45, 7) is 8.51. The molecule has 0 spiro atoms. The van der Waals surface area contributed by atoms with E-state index in [9.17, 15) is 4.79 Å². The third-order valence-corrected chi connectivity index (χ3v) is 6.54. The van der Waals surface area contributed by atoms with Crippen LogP contribution < -0.4 is 10.6 Å². The lowest BCUT2D eigenvalue weighted by atomic mass is 9.95. The van der Waals surface area contributed by atoms with E-state index in [1.54, 1.807) is 11.3 Å². The largest absolute Gasteiger partial charge is 0.462 e. The molecule has 1 unspecified atom stereocenters. The number of thiophene rings is 1.